The molecule has 6 heteroatoms. The van der Waals surface area contributed by atoms with E-state index in [0.717, 1.165) is 58.3 Å². The van der Waals surface area contributed by atoms with E-state index in [9.17, 15) is 4.79 Å². The molecule has 1 rings (SSSR count). The van der Waals surface area contributed by atoms with Gasteiger partial charge in [0.1, 0.15) is 24.9 Å². The third kappa shape index (κ3) is 32.0. The minimum Gasteiger partial charge on any atom is -0.463 e. The van der Waals surface area contributed by atoms with Crippen molar-refractivity contribution in [2.24, 2.45) is 0 Å². The van der Waals surface area contributed by atoms with Crippen LogP contribution in [0.2, 0.25) is 0 Å². The van der Waals surface area contributed by atoms with E-state index in [4.69, 9.17) is 18.9 Å². The van der Waals surface area contributed by atoms with Gasteiger partial charge in [0.25, 0.3) is 0 Å². The number of nitrogens with zero attached hydrogens (tertiary/aromatic N) is 1. The minimum atomic E-state index is -0.266. The van der Waals surface area contributed by atoms with Crippen LogP contribution in [0.4, 0.5) is 0 Å². The molecule has 55 heavy (non-hydrogen) atoms. The van der Waals surface area contributed by atoms with Crippen LogP contribution in [0.15, 0.2) is 48.6 Å². The Balaban J connectivity index is 2.29. The van der Waals surface area contributed by atoms with E-state index in [2.05, 4.69) is 81.2 Å². The van der Waals surface area contributed by atoms with E-state index in [1.165, 1.54) is 128 Å². The molecule has 1 heterocycles. The molecule has 1 fully saturated rings. The molecular formula is C49H89NO5. The fourth-order valence-electron chi connectivity index (χ4n) is 7.02. The first kappa shape index (κ1) is 51.3. The predicted molar refractivity (Wildman–Crippen MR) is 236 cm³/mol. The number of ether oxygens (including phenoxy) is 4. The minimum absolute atomic E-state index is 0.103. The van der Waals surface area contributed by atoms with Crippen molar-refractivity contribution >= 4 is 5.97 Å². The second-order valence-electron chi connectivity index (χ2n) is 15.6. The van der Waals surface area contributed by atoms with E-state index in [-0.39, 0.29) is 30.9 Å². The lowest BCUT2D eigenvalue weighted by Gasteiger charge is -2.23. The molecule has 1 saturated heterocycles. The first-order chi connectivity index (χ1) is 27.2. The molecule has 320 valence electrons. The standard InChI is InChI=1S/C49H89NO5/c1-5-9-11-13-15-17-19-21-23-25-27-29-31-33-35-37-42-52-46-44-54-47(45-55-48(51)40-39-41-50(7-3)8-4)49(46)53-43-38-36-34-32-30-28-26-24-22-20-18-16-14-12-10-6-2/h15-18,21-24,46-47,49H,5-14,19-20,25-45H2,1-4H3/b17-15-,18-16-,23-21-,24-22-/t46?,47-,49-/m1/s1. The first-order valence-corrected chi connectivity index (χ1v) is 23.5. The molecule has 0 radical (unpaired) electrons. The SMILES string of the molecule is CCCCC/C=C\C/C=C\CCCCCCCCOC1CO[C@H](COC(=O)CCCN(CC)CC)[C@@H]1OCCCCCCCC/C=C\C/C=C\CCCCC. The second-order valence-corrected chi connectivity index (χ2v) is 15.6. The van der Waals surface area contributed by atoms with Gasteiger partial charge in [0.05, 0.1) is 6.61 Å². The zero-order chi connectivity index (χ0) is 39.7. The maximum absolute atomic E-state index is 12.5. The van der Waals surface area contributed by atoms with Crippen LogP contribution in [0.1, 0.15) is 195 Å². The molecule has 0 spiro atoms. The fraction of sp³-hybridized carbons (Fsp3) is 0.816. The predicted octanol–water partition coefficient (Wildman–Crippen LogP) is 13.4. The van der Waals surface area contributed by atoms with Crippen molar-refractivity contribution in [3.63, 3.8) is 0 Å². The smallest absolute Gasteiger partial charge is 0.305 e. The topological polar surface area (TPSA) is 57.2 Å². The zero-order valence-electron chi connectivity index (χ0n) is 36.7. The van der Waals surface area contributed by atoms with Crippen molar-refractivity contribution in [3.8, 4) is 0 Å². The average Bonchev–Trinajstić information content (AvgIpc) is 3.58. The number of carbonyl (C=O) groups is 1. The molecule has 1 unspecified atom stereocenters. The quantitative estimate of drug-likeness (QED) is 0.0351. The van der Waals surface area contributed by atoms with Gasteiger partial charge in [0.2, 0.25) is 0 Å². The van der Waals surface area contributed by atoms with Crippen molar-refractivity contribution < 1.29 is 23.7 Å². The molecule has 0 aromatic carbocycles. The number of allylic oxidation sites excluding steroid dienone is 8. The molecule has 6 nitrogen and oxygen atoms in total. The van der Waals surface area contributed by atoms with Crippen molar-refractivity contribution in [2.75, 3.05) is 46.1 Å². The van der Waals surface area contributed by atoms with Gasteiger partial charge in [0, 0.05) is 19.6 Å². The molecule has 0 saturated carbocycles. The number of carbonyl (C=O) groups excluding carboxylic acids is 1. The normalized spacial score (nSPS) is 17.7. The Bertz CT molecular complexity index is 942. The lowest BCUT2D eigenvalue weighted by Crippen LogP contribution is -2.38. The lowest BCUT2D eigenvalue weighted by atomic mass is 10.1. The van der Waals surface area contributed by atoms with Gasteiger partial charge in [-0.1, -0.05) is 153 Å². The average molecular weight is 772 g/mol. The lowest BCUT2D eigenvalue weighted by molar-refractivity contribution is -0.150. The van der Waals surface area contributed by atoms with Gasteiger partial charge in [-0.2, -0.15) is 0 Å². The maximum Gasteiger partial charge on any atom is 0.305 e. The Morgan fingerprint density at radius 3 is 1.51 bits per heavy atom. The molecule has 3 atom stereocenters. The summed E-state index contributed by atoms with van der Waals surface area (Å²) in [6.07, 6.45) is 48.9. The number of hydrogen-bond acceptors (Lipinski definition) is 6. The summed E-state index contributed by atoms with van der Waals surface area (Å²) in [6.45, 7) is 13.9. The van der Waals surface area contributed by atoms with Crippen LogP contribution in [0.25, 0.3) is 0 Å². The molecule has 1 aliphatic rings. The van der Waals surface area contributed by atoms with Gasteiger partial charge in [-0.05, 0) is 103 Å². The van der Waals surface area contributed by atoms with Gasteiger partial charge in [-0.15, -0.1) is 0 Å². The number of hydrogen-bond donors (Lipinski definition) is 0. The van der Waals surface area contributed by atoms with Gasteiger partial charge in [-0.25, -0.2) is 0 Å². The summed E-state index contributed by atoms with van der Waals surface area (Å²) in [7, 11) is 0. The number of unbranched alkanes of at least 4 members (excludes halogenated alkanes) is 18. The monoisotopic (exact) mass is 772 g/mol. The Morgan fingerprint density at radius 2 is 1.02 bits per heavy atom. The van der Waals surface area contributed by atoms with E-state index in [1.54, 1.807) is 0 Å². The Hall–Kier alpha value is -1.73. The van der Waals surface area contributed by atoms with Gasteiger partial charge in [-0.3, -0.25) is 4.79 Å². The van der Waals surface area contributed by atoms with Crippen LogP contribution in [-0.4, -0.2) is 75.2 Å². The second kappa shape index (κ2) is 40.5. The van der Waals surface area contributed by atoms with Crippen LogP contribution >= 0.6 is 0 Å². The summed E-state index contributed by atoms with van der Waals surface area (Å²) in [5.41, 5.74) is 0. The summed E-state index contributed by atoms with van der Waals surface area (Å²) in [6, 6.07) is 0. The summed E-state index contributed by atoms with van der Waals surface area (Å²) >= 11 is 0. The van der Waals surface area contributed by atoms with Crippen molar-refractivity contribution in [2.45, 2.75) is 213 Å². The molecule has 0 aromatic heterocycles. The molecule has 0 aromatic rings. The highest BCUT2D eigenvalue weighted by molar-refractivity contribution is 5.69. The number of rotatable bonds is 40. The molecule has 0 aliphatic carbocycles. The molecule has 0 amide bonds. The van der Waals surface area contributed by atoms with E-state index in [0.29, 0.717) is 19.6 Å². The summed E-state index contributed by atoms with van der Waals surface area (Å²) < 4.78 is 24.6. The third-order valence-corrected chi connectivity index (χ3v) is 10.7. The van der Waals surface area contributed by atoms with Crippen LogP contribution in [-0.2, 0) is 23.7 Å². The number of esters is 1. The van der Waals surface area contributed by atoms with Gasteiger partial charge >= 0.3 is 5.97 Å². The molecule has 0 N–H and O–H groups in total. The highest BCUT2D eigenvalue weighted by atomic mass is 16.6. The van der Waals surface area contributed by atoms with E-state index in [1.807, 2.05) is 0 Å². The van der Waals surface area contributed by atoms with Crippen molar-refractivity contribution in [3.05, 3.63) is 48.6 Å². The molecule has 1 aliphatic heterocycles. The highest BCUT2D eigenvalue weighted by Gasteiger charge is 2.39. The summed E-state index contributed by atoms with van der Waals surface area (Å²) in [5.74, 6) is -0.148. The van der Waals surface area contributed by atoms with E-state index >= 15 is 0 Å². The zero-order valence-corrected chi connectivity index (χ0v) is 36.7. The van der Waals surface area contributed by atoms with Crippen molar-refractivity contribution in [1.29, 1.82) is 0 Å². The van der Waals surface area contributed by atoms with E-state index < -0.39 is 0 Å². The van der Waals surface area contributed by atoms with Crippen LogP contribution in [0, 0.1) is 0 Å². The summed E-state index contributed by atoms with van der Waals surface area (Å²) in [5, 5.41) is 0. The summed E-state index contributed by atoms with van der Waals surface area (Å²) in [4.78, 5) is 14.9. The van der Waals surface area contributed by atoms with Gasteiger partial charge in [0.15, 0.2) is 0 Å². The first-order valence-electron chi connectivity index (χ1n) is 23.5. The highest BCUT2D eigenvalue weighted by Crippen LogP contribution is 2.23. The van der Waals surface area contributed by atoms with Crippen LogP contribution < -0.4 is 0 Å². The Morgan fingerprint density at radius 1 is 0.564 bits per heavy atom. The van der Waals surface area contributed by atoms with Crippen LogP contribution in [0.5, 0.6) is 0 Å². The maximum atomic E-state index is 12.5. The largest absolute Gasteiger partial charge is 0.463 e. The van der Waals surface area contributed by atoms with Crippen molar-refractivity contribution in [1.82, 2.24) is 4.90 Å². The Labute approximate surface area is 341 Å². The molecular weight excluding hydrogens is 683 g/mol. The van der Waals surface area contributed by atoms with Crippen LogP contribution in [0.3, 0.4) is 0 Å². The Kier molecular flexibility index (Phi) is 37.7. The fourth-order valence-corrected chi connectivity index (χ4v) is 7.02. The van der Waals surface area contributed by atoms with Gasteiger partial charge < -0.3 is 23.8 Å². The third-order valence-electron chi connectivity index (χ3n) is 10.7. The molecule has 0 bridgehead atoms.